The highest BCUT2D eigenvalue weighted by Crippen LogP contribution is 2.49. The van der Waals surface area contributed by atoms with Gasteiger partial charge < -0.3 is 9.47 Å². The fourth-order valence-electron chi connectivity index (χ4n) is 5.83. The predicted octanol–water partition coefficient (Wildman–Crippen LogP) is 7.74. The van der Waals surface area contributed by atoms with Crippen molar-refractivity contribution in [3.8, 4) is 11.5 Å². The highest BCUT2D eigenvalue weighted by molar-refractivity contribution is 5.91. The summed E-state index contributed by atoms with van der Waals surface area (Å²) in [5, 5.41) is 0. The lowest BCUT2D eigenvalue weighted by Crippen LogP contribution is -2.30. The summed E-state index contributed by atoms with van der Waals surface area (Å²) in [6.45, 7) is 3.81. The lowest BCUT2D eigenvalue weighted by atomic mass is 9.63. The number of benzene rings is 2. The van der Waals surface area contributed by atoms with E-state index in [0.717, 1.165) is 63.8 Å². The van der Waals surface area contributed by atoms with Gasteiger partial charge in [-0.25, -0.2) is 13.6 Å². The van der Waals surface area contributed by atoms with E-state index in [2.05, 4.69) is 11.3 Å². The van der Waals surface area contributed by atoms with Gasteiger partial charge >= 0.3 is 5.97 Å². The average Bonchev–Trinajstić information content (AvgIpc) is 2.86. The predicted molar refractivity (Wildman–Crippen MR) is 125 cm³/mol. The van der Waals surface area contributed by atoms with Crippen molar-refractivity contribution in [3.05, 3.63) is 71.3 Å². The molecule has 2 aromatic carbocycles. The number of halogens is 4. The Morgan fingerprint density at radius 1 is 0.914 bits per heavy atom. The maximum Gasteiger partial charge on any atom is 0.346 e. The maximum absolute atomic E-state index is 15.1. The molecule has 2 aliphatic rings. The molecule has 0 radical (unpaired) electrons. The molecule has 0 heterocycles. The van der Waals surface area contributed by atoms with Gasteiger partial charge in [0, 0.05) is 0 Å². The molecule has 2 saturated carbocycles. The molecule has 0 spiro atoms. The second kappa shape index (κ2) is 10.8. The molecule has 0 aliphatic heterocycles. The summed E-state index contributed by atoms with van der Waals surface area (Å²) in [5.74, 6) is -5.91. The molecule has 0 N–H and O–H groups in total. The number of methoxy groups -OCH3 is 1. The third-order valence-electron chi connectivity index (χ3n) is 7.71. The van der Waals surface area contributed by atoms with Crippen molar-refractivity contribution < 1.29 is 31.8 Å². The molecule has 7 heteroatoms. The first-order valence-corrected chi connectivity index (χ1v) is 12.2. The van der Waals surface area contributed by atoms with Gasteiger partial charge in [0.1, 0.15) is 0 Å². The first-order chi connectivity index (χ1) is 16.8. The summed E-state index contributed by atoms with van der Waals surface area (Å²) >= 11 is 0. The van der Waals surface area contributed by atoms with Crippen molar-refractivity contribution in [2.45, 2.75) is 57.3 Å². The van der Waals surface area contributed by atoms with Gasteiger partial charge in [0.15, 0.2) is 23.1 Å². The van der Waals surface area contributed by atoms with E-state index in [1.807, 2.05) is 6.08 Å². The molecule has 3 nitrogen and oxygen atoms in total. The number of esters is 1. The normalized spacial score (nSPS) is 23.9. The van der Waals surface area contributed by atoms with Crippen LogP contribution in [0.3, 0.4) is 0 Å². The Kier molecular flexibility index (Phi) is 7.82. The van der Waals surface area contributed by atoms with E-state index in [0.29, 0.717) is 17.8 Å². The smallest absolute Gasteiger partial charge is 0.346 e. The number of carbonyl (C=O) groups excluding carboxylic acids is 1. The third-order valence-corrected chi connectivity index (χ3v) is 7.71. The Balaban J connectivity index is 1.45. The number of carbonyl (C=O) groups is 1. The number of fused-ring (bicyclic) bond motifs is 1. The molecular weight excluding hydrogens is 460 g/mol. The van der Waals surface area contributed by atoms with Crippen LogP contribution in [0.1, 0.15) is 73.2 Å². The molecule has 4 atom stereocenters. The van der Waals surface area contributed by atoms with E-state index in [-0.39, 0.29) is 17.2 Å². The Morgan fingerprint density at radius 3 is 2.34 bits per heavy atom. The van der Waals surface area contributed by atoms with Crippen LogP contribution in [-0.4, -0.2) is 13.1 Å². The zero-order chi connectivity index (χ0) is 25.1. The van der Waals surface area contributed by atoms with Crippen molar-refractivity contribution in [1.82, 2.24) is 0 Å². The monoisotopic (exact) mass is 490 g/mol. The fourth-order valence-corrected chi connectivity index (χ4v) is 5.83. The molecule has 0 saturated heterocycles. The Hall–Kier alpha value is -2.83. The van der Waals surface area contributed by atoms with Crippen LogP contribution in [0.4, 0.5) is 17.6 Å². The van der Waals surface area contributed by atoms with Gasteiger partial charge in [-0.3, -0.25) is 0 Å². The van der Waals surface area contributed by atoms with Crippen LogP contribution < -0.4 is 9.47 Å². The van der Waals surface area contributed by atoms with Crippen LogP contribution in [0.5, 0.6) is 11.5 Å². The molecule has 4 unspecified atom stereocenters. The Morgan fingerprint density at radius 2 is 1.60 bits per heavy atom. The fraction of sp³-hybridized carbons (Fsp3) is 0.464. The van der Waals surface area contributed by atoms with Crippen LogP contribution in [0.25, 0.3) is 0 Å². The lowest BCUT2D eigenvalue weighted by Gasteiger charge is -2.42. The number of hydrogen-bond donors (Lipinski definition) is 0. The molecule has 0 aromatic heterocycles. The van der Waals surface area contributed by atoms with Crippen LogP contribution in [0, 0.1) is 41.0 Å². The molecule has 2 aliphatic carbocycles. The molecule has 2 fully saturated rings. The number of rotatable bonds is 7. The number of ether oxygens (including phenoxy) is 2. The van der Waals surface area contributed by atoms with Crippen LogP contribution in [-0.2, 0) is 0 Å². The third kappa shape index (κ3) is 5.24. The summed E-state index contributed by atoms with van der Waals surface area (Å²) in [7, 11) is 1.16. The van der Waals surface area contributed by atoms with Crippen LogP contribution in [0.2, 0.25) is 0 Å². The van der Waals surface area contributed by atoms with Crippen molar-refractivity contribution in [3.63, 3.8) is 0 Å². The van der Waals surface area contributed by atoms with Gasteiger partial charge in [-0.2, -0.15) is 8.78 Å². The minimum Gasteiger partial charge on any atom is -0.494 e. The van der Waals surface area contributed by atoms with E-state index < -0.39 is 40.6 Å². The van der Waals surface area contributed by atoms with E-state index in [1.165, 1.54) is 18.9 Å². The molecule has 0 amide bonds. The number of allylic oxidation sites excluding steroid dienone is 1. The quantitative estimate of drug-likeness (QED) is 0.172. The lowest BCUT2D eigenvalue weighted by molar-refractivity contribution is 0.0720. The summed E-state index contributed by atoms with van der Waals surface area (Å²) in [6, 6.07) is 4.64. The van der Waals surface area contributed by atoms with Crippen LogP contribution in [0.15, 0.2) is 36.9 Å². The molecule has 4 rings (SSSR count). The van der Waals surface area contributed by atoms with Crippen molar-refractivity contribution in [2.24, 2.45) is 17.8 Å². The second-order valence-electron chi connectivity index (χ2n) is 9.69. The highest BCUT2D eigenvalue weighted by Gasteiger charge is 2.37. The van der Waals surface area contributed by atoms with Gasteiger partial charge in [0.2, 0.25) is 11.6 Å². The minimum absolute atomic E-state index is 0.117. The van der Waals surface area contributed by atoms with E-state index in [1.54, 1.807) is 0 Å². The van der Waals surface area contributed by atoms with Crippen molar-refractivity contribution in [2.75, 3.05) is 7.11 Å². The van der Waals surface area contributed by atoms with E-state index in [4.69, 9.17) is 4.74 Å². The topological polar surface area (TPSA) is 35.5 Å². The SMILES string of the molecule is C=CCCC1CCC2CC(c3ccc(C(=O)Oc4ccc(OC)c(F)c4F)c(F)c3F)CCC2C1. The van der Waals surface area contributed by atoms with Gasteiger partial charge in [0.25, 0.3) is 0 Å². The Labute approximate surface area is 203 Å². The maximum atomic E-state index is 15.1. The van der Waals surface area contributed by atoms with Gasteiger partial charge in [-0.05, 0) is 92.4 Å². The minimum atomic E-state index is -1.45. The summed E-state index contributed by atoms with van der Waals surface area (Å²) < 4.78 is 67.5. The Bertz CT molecular complexity index is 1100. The van der Waals surface area contributed by atoms with Crippen molar-refractivity contribution >= 4 is 5.97 Å². The van der Waals surface area contributed by atoms with Crippen LogP contribution >= 0.6 is 0 Å². The zero-order valence-corrected chi connectivity index (χ0v) is 19.8. The van der Waals surface area contributed by atoms with Gasteiger partial charge in [0.05, 0.1) is 12.7 Å². The first-order valence-electron chi connectivity index (χ1n) is 12.2. The molecule has 0 bridgehead atoms. The standard InChI is InChI=1S/C28H30F4O3/c1-3-4-5-16-6-7-18-15-19(9-8-17(18)14-16)20-10-11-21(25(30)24(20)29)28(33)35-23-13-12-22(34-2)26(31)27(23)32/h3,10-13,16-19H,1,4-9,14-15H2,2H3. The van der Waals surface area contributed by atoms with Gasteiger partial charge in [-0.15, -0.1) is 6.58 Å². The largest absolute Gasteiger partial charge is 0.494 e. The summed E-state index contributed by atoms with van der Waals surface area (Å²) in [5.41, 5.74) is -0.411. The zero-order valence-electron chi connectivity index (χ0n) is 19.8. The number of hydrogen-bond acceptors (Lipinski definition) is 3. The molecular formula is C28H30F4O3. The summed E-state index contributed by atoms with van der Waals surface area (Å²) in [4.78, 5) is 12.4. The van der Waals surface area contributed by atoms with Crippen molar-refractivity contribution in [1.29, 1.82) is 0 Å². The molecule has 35 heavy (non-hydrogen) atoms. The highest BCUT2D eigenvalue weighted by atomic mass is 19.2. The molecule has 2 aromatic rings. The van der Waals surface area contributed by atoms with E-state index in [9.17, 15) is 18.0 Å². The first kappa shape index (κ1) is 25.3. The average molecular weight is 491 g/mol. The van der Waals surface area contributed by atoms with E-state index >= 15 is 4.39 Å². The second-order valence-corrected chi connectivity index (χ2v) is 9.69. The molecule has 188 valence electrons. The summed E-state index contributed by atoms with van der Waals surface area (Å²) in [6.07, 6.45) is 10.2. The van der Waals surface area contributed by atoms with Gasteiger partial charge in [-0.1, -0.05) is 18.6 Å².